The van der Waals surface area contributed by atoms with Crippen molar-refractivity contribution in [3.05, 3.63) is 18.0 Å². The molecule has 12 heteroatoms. The largest absolute Gasteiger partial charge is 0.435 e. The summed E-state index contributed by atoms with van der Waals surface area (Å²) in [5.74, 6) is -3.37. The zero-order valence-electron chi connectivity index (χ0n) is 12.1. The Morgan fingerprint density at radius 3 is 2.58 bits per heavy atom. The molecule has 0 bridgehead atoms. The van der Waals surface area contributed by atoms with Gasteiger partial charge in [0.15, 0.2) is 5.69 Å². The van der Waals surface area contributed by atoms with E-state index in [1.807, 2.05) is 0 Å². The van der Waals surface area contributed by atoms with Crippen LogP contribution < -0.4 is 11.1 Å². The van der Waals surface area contributed by atoms with Crippen LogP contribution in [0.25, 0.3) is 5.95 Å². The lowest BCUT2D eigenvalue weighted by Gasteiger charge is -2.13. The number of halogens is 5. The number of anilines is 2. The lowest BCUT2D eigenvalue weighted by Crippen LogP contribution is -2.21. The average molecular weight is 349 g/mol. The molecule has 0 aromatic carbocycles. The van der Waals surface area contributed by atoms with Crippen LogP contribution in [-0.2, 0) is 6.18 Å². The summed E-state index contributed by atoms with van der Waals surface area (Å²) < 4.78 is 64.9. The molecule has 0 saturated heterocycles. The SMILES string of the molecule is Nc1nc(NC2CCC(F)(F)C2)nc(-n2ccc(C(F)(F)F)n2)n1. The van der Waals surface area contributed by atoms with Crippen molar-refractivity contribution < 1.29 is 22.0 Å². The number of rotatable bonds is 3. The Hall–Kier alpha value is -2.53. The number of nitrogens with one attached hydrogen (secondary N) is 1. The van der Waals surface area contributed by atoms with Gasteiger partial charge in [-0.1, -0.05) is 0 Å². The van der Waals surface area contributed by atoms with Gasteiger partial charge in [-0.2, -0.15) is 33.2 Å². The van der Waals surface area contributed by atoms with E-state index < -0.39 is 23.8 Å². The Kier molecular flexibility index (Phi) is 3.76. The van der Waals surface area contributed by atoms with Gasteiger partial charge in [0.05, 0.1) is 0 Å². The molecule has 24 heavy (non-hydrogen) atoms. The van der Waals surface area contributed by atoms with Crippen LogP contribution in [0, 0.1) is 0 Å². The van der Waals surface area contributed by atoms with E-state index in [0.717, 1.165) is 16.9 Å². The monoisotopic (exact) mass is 349 g/mol. The fourth-order valence-electron chi connectivity index (χ4n) is 2.39. The third-order valence-electron chi connectivity index (χ3n) is 3.46. The Labute approximate surface area is 132 Å². The molecular formula is C12H12F5N7. The second-order valence-electron chi connectivity index (χ2n) is 5.40. The van der Waals surface area contributed by atoms with Crippen molar-refractivity contribution >= 4 is 11.9 Å². The number of alkyl halides is 5. The molecule has 0 spiro atoms. The van der Waals surface area contributed by atoms with E-state index in [0.29, 0.717) is 0 Å². The maximum atomic E-state index is 13.2. The van der Waals surface area contributed by atoms with Gasteiger partial charge in [0.1, 0.15) is 0 Å². The van der Waals surface area contributed by atoms with E-state index in [2.05, 4.69) is 25.4 Å². The van der Waals surface area contributed by atoms with Gasteiger partial charge >= 0.3 is 6.18 Å². The highest BCUT2D eigenvalue weighted by molar-refractivity contribution is 5.36. The van der Waals surface area contributed by atoms with Crippen molar-refractivity contribution in [3.8, 4) is 5.95 Å². The number of hydrogen-bond acceptors (Lipinski definition) is 6. The fraction of sp³-hybridized carbons (Fsp3) is 0.500. The van der Waals surface area contributed by atoms with Gasteiger partial charge in [0, 0.05) is 25.1 Å². The quantitative estimate of drug-likeness (QED) is 0.826. The van der Waals surface area contributed by atoms with Gasteiger partial charge in [-0.25, -0.2) is 13.5 Å². The Bertz CT molecular complexity index is 742. The maximum Gasteiger partial charge on any atom is 0.435 e. The highest BCUT2D eigenvalue weighted by Gasteiger charge is 2.39. The van der Waals surface area contributed by atoms with Gasteiger partial charge in [0.2, 0.25) is 17.8 Å². The van der Waals surface area contributed by atoms with Crippen molar-refractivity contribution in [2.24, 2.45) is 0 Å². The van der Waals surface area contributed by atoms with Crippen LogP contribution in [0.3, 0.4) is 0 Å². The van der Waals surface area contributed by atoms with E-state index in [1.165, 1.54) is 0 Å². The molecule has 1 unspecified atom stereocenters. The molecule has 7 nitrogen and oxygen atoms in total. The van der Waals surface area contributed by atoms with E-state index in [-0.39, 0.29) is 37.1 Å². The number of hydrogen-bond donors (Lipinski definition) is 2. The molecule has 130 valence electrons. The highest BCUT2D eigenvalue weighted by atomic mass is 19.4. The summed E-state index contributed by atoms with van der Waals surface area (Å²) in [5.41, 5.74) is 4.38. The minimum atomic E-state index is -4.61. The maximum absolute atomic E-state index is 13.2. The highest BCUT2D eigenvalue weighted by Crippen LogP contribution is 2.36. The van der Waals surface area contributed by atoms with Crippen LogP contribution in [-0.4, -0.2) is 36.7 Å². The smallest absolute Gasteiger partial charge is 0.368 e. The second kappa shape index (κ2) is 5.53. The van der Waals surface area contributed by atoms with Crippen LogP contribution >= 0.6 is 0 Å². The molecule has 2 aromatic heterocycles. The summed E-state index contributed by atoms with van der Waals surface area (Å²) in [5, 5.41) is 6.02. The topological polar surface area (TPSA) is 94.5 Å². The zero-order chi connectivity index (χ0) is 17.5. The van der Waals surface area contributed by atoms with E-state index in [9.17, 15) is 22.0 Å². The van der Waals surface area contributed by atoms with Crippen LogP contribution in [0.4, 0.5) is 33.8 Å². The molecule has 1 atom stereocenters. The summed E-state index contributed by atoms with van der Waals surface area (Å²) in [7, 11) is 0. The molecule has 1 aliphatic carbocycles. The molecule has 1 fully saturated rings. The van der Waals surface area contributed by atoms with E-state index >= 15 is 0 Å². The van der Waals surface area contributed by atoms with Crippen LogP contribution in [0.1, 0.15) is 25.0 Å². The molecule has 3 rings (SSSR count). The second-order valence-corrected chi connectivity index (χ2v) is 5.40. The van der Waals surface area contributed by atoms with Crippen LogP contribution in [0.5, 0.6) is 0 Å². The molecule has 3 N–H and O–H groups in total. The lowest BCUT2D eigenvalue weighted by molar-refractivity contribution is -0.141. The van der Waals surface area contributed by atoms with Crippen molar-refractivity contribution in [1.82, 2.24) is 24.7 Å². The molecule has 0 radical (unpaired) electrons. The first-order valence-electron chi connectivity index (χ1n) is 6.91. The number of aromatic nitrogens is 5. The standard InChI is InChI=1S/C12H12F5N7/c13-11(14)3-1-6(5-11)19-9-20-8(18)21-10(22-9)24-4-2-7(23-24)12(15,16)17/h2,4,6H,1,3,5H2,(H3,18,19,20,21,22). The number of nitrogens with two attached hydrogens (primary N) is 1. The normalized spacial score (nSPS) is 20.3. The van der Waals surface area contributed by atoms with Crippen molar-refractivity contribution in [3.63, 3.8) is 0 Å². The minimum absolute atomic E-state index is 0.0933. The Morgan fingerprint density at radius 1 is 1.25 bits per heavy atom. The van der Waals surface area contributed by atoms with E-state index in [1.54, 1.807) is 0 Å². The average Bonchev–Trinajstić information content (AvgIpc) is 3.04. The summed E-state index contributed by atoms with van der Waals surface area (Å²) >= 11 is 0. The van der Waals surface area contributed by atoms with E-state index in [4.69, 9.17) is 5.73 Å². The Balaban J connectivity index is 1.83. The van der Waals surface area contributed by atoms with Crippen molar-refractivity contribution in [2.75, 3.05) is 11.1 Å². The molecule has 1 saturated carbocycles. The minimum Gasteiger partial charge on any atom is -0.368 e. The third kappa shape index (κ3) is 3.51. The predicted octanol–water partition coefficient (Wildman–Crippen LogP) is 2.26. The first kappa shape index (κ1) is 16.3. The first-order valence-corrected chi connectivity index (χ1v) is 6.91. The summed E-state index contributed by atoms with van der Waals surface area (Å²) in [6.07, 6.45) is -4.01. The van der Waals surface area contributed by atoms with Crippen molar-refractivity contribution in [2.45, 2.75) is 37.4 Å². The van der Waals surface area contributed by atoms with Crippen molar-refractivity contribution in [1.29, 1.82) is 0 Å². The van der Waals surface area contributed by atoms with Crippen LogP contribution in [0.15, 0.2) is 12.3 Å². The third-order valence-corrected chi connectivity index (χ3v) is 3.46. The molecule has 1 aliphatic rings. The molecule has 2 heterocycles. The Morgan fingerprint density at radius 2 is 2.00 bits per heavy atom. The molecular weight excluding hydrogens is 337 g/mol. The summed E-state index contributed by atoms with van der Waals surface area (Å²) in [4.78, 5) is 11.4. The fourth-order valence-corrected chi connectivity index (χ4v) is 2.39. The van der Waals surface area contributed by atoms with Gasteiger partial charge in [-0.05, 0) is 12.5 Å². The number of nitrogen functional groups attached to an aromatic ring is 1. The molecule has 0 amide bonds. The summed E-state index contributed by atoms with van der Waals surface area (Å²) in [6.45, 7) is 0. The lowest BCUT2D eigenvalue weighted by atomic mass is 10.2. The zero-order valence-corrected chi connectivity index (χ0v) is 12.1. The molecule has 0 aliphatic heterocycles. The van der Waals surface area contributed by atoms with Gasteiger partial charge < -0.3 is 11.1 Å². The van der Waals surface area contributed by atoms with Crippen LogP contribution in [0.2, 0.25) is 0 Å². The van der Waals surface area contributed by atoms with Gasteiger partial charge in [-0.3, -0.25) is 0 Å². The van der Waals surface area contributed by atoms with Gasteiger partial charge in [0.25, 0.3) is 5.95 Å². The number of nitrogens with zero attached hydrogens (tertiary/aromatic N) is 5. The first-order chi connectivity index (χ1) is 11.1. The van der Waals surface area contributed by atoms with Gasteiger partial charge in [-0.15, -0.1) is 0 Å². The molecule has 2 aromatic rings. The predicted molar refractivity (Wildman–Crippen MR) is 72.6 cm³/mol. The summed E-state index contributed by atoms with van der Waals surface area (Å²) in [6, 6.07) is 0.197.